The highest BCUT2D eigenvalue weighted by atomic mass is 32.1. The zero-order valence-corrected chi connectivity index (χ0v) is 9.46. The van der Waals surface area contributed by atoms with Crippen LogP contribution in [-0.2, 0) is 19.3 Å². The molecule has 0 unspecified atom stereocenters. The average molecular weight is 206 g/mol. The van der Waals surface area contributed by atoms with Gasteiger partial charge in [-0.05, 0) is 35.8 Å². The van der Waals surface area contributed by atoms with Gasteiger partial charge in [0.1, 0.15) is 0 Å². The molecule has 1 aromatic heterocycles. The minimum Gasteiger partial charge on any atom is -0.293 e. The van der Waals surface area contributed by atoms with Crippen molar-refractivity contribution >= 4 is 17.1 Å². The Labute approximate surface area is 88.1 Å². The summed E-state index contributed by atoms with van der Waals surface area (Å²) >= 11 is 1.77. The number of hydrogen-bond donors (Lipinski definition) is 0. The van der Waals surface area contributed by atoms with Crippen molar-refractivity contribution in [2.45, 2.75) is 39.5 Å². The zero-order valence-electron chi connectivity index (χ0n) is 8.64. The second kappa shape index (κ2) is 2.48. The van der Waals surface area contributed by atoms with Gasteiger partial charge in [-0.2, -0.15) is 0 Å². The number of hydrogen-bond acceptors (Lipinski definition) is 2. The van der Waals surface area contributed by atoms with E-state index < -0.39 is 0 Å². The van der Waals surface area contributed by atoms with E-state index in [-0.39, 0.29) is 0 Å². The van der Waals surface area contributed by atoms with Gasteiger partial charge < -0.3 is 0 Å². The Balaban J connectivity index is 2.12. The second-order valence-corrected chi connectivity index (χ2v) is 6.36. The molecule has 2 aliphatic carbocycles. The third-order valence-corrected chi connectivity index (χ3v) is 4.67. The highest BCUT2D eigenvalue weighted by Gasteiger charge is 2.36. The van der Waals surface area contributed by atoms with Crippen molar-refractivity contribution in [3.63, 3.8) is 0 Å². The fourth-order valence-electron chi connectivity index (χ4n) is 2.72. The Bertz CT molecular complexity index is 426. The Morgan fingerprint density at radius 3 is 2.71 bits per heavy atom. The SMILES string of the molecule is CC1(C)Cc2sc3c(c2C1)CCC3=O. The maximum absolute atomic E-state index is 11.5. The molecule has 14 heavy (non-hydrogen) atoms. The molecule has 0 amide bonds. The number of thiophene rings is 1. The van der Waals surface area contributed by atoms with Gasteiger partial charge in [-0.25, -0.2) is 0 Å². The molecule has 0 aromatic carbocycles. The van der Waals surface area contributed by atoms with E-state index in [2.05, 4.69) is 13.8 Å². The van der Waals surface area contributed by atoms with E-state index in [9.17, 15) is 4.79 Å². The summed E-state index contributed by atoms with van der Waals surface area (Å²) in [6.45, 7) is 4.64. The predicted molar refractivity (Wildman–Crippen MR) is 58.2 cm³/mol. The van der Waals surface area contributed by atoms with Gasteiger partial charge in [0.05, 0.1) is 4.88 Å². The first kappa shape index (κ1) is 8.66. The van der Waals surface area contributed by atoms with Gasteiger partial charge >= 0.3 is 0 Å². The van der Waals surface area contributed by atoms with Crippen molar-refractivity contribution in [3.05, 3.63) is 20.9 Å². The van der Waals surface area contributed by atoms with Gasteiger partial charge in [0, 0.05) is 11.3 Å². The molecule has 0 atom stereocenters. The molecule has 3 rings (SSSR count). The normalized spacial score (nSPS) is 22.6. The smallest absolute Gasteiger partial charge is 0.173 e. The largest absolute Gasteiger partial charge is 0.293 e. The highest BCUT2D eigenvalue weighted by Crippen LogP contribution is 2.46. The third kappa shape index (κ3) is 1.04. The van der Waals surface area contributed by atoms with E-state index in [1.807, 2.05) is 0 Å². The highest BCUT2D eigenvalue weighted by molar-refractivity contribution is 7.14. The molecule has 0 N–H and O–H groups in total. The molecule has 74 valence electrons. The fraction of sp³-hybridized carbons (Fsp3) is 0.583. The van der Waals surface area contributed by atoms with Crippen molar-refractivity contribution in [2.75, 3.05) is 0 Å². The number of fused-ring (bicyclic) bond motifs is 3. The fourth-order valence-corrected chi connectivity index (χ4v) is 4.31. The summed E-state index contributed by atoms with van der Waals surface area (Å²) < 4.78 is 0. The van der Waals surface area contributed by atoms with Crippen LogP contribution in [0.3, 0.4) is 0 Å². The topological polar surface area (TPSA) is 17.1 Å². The van der Waals surface area contributed by atoms with E-state index in [4.69, 9.17) is 0 Å². The minimum absolute atomic E-state index is 0.386. The van der Waals surface area contributed by atoms with Gasteiger partial charge in [0.2, 0.25) is 0 Å². The Kier molecular flexibility index (Phi) is 1.54. The predicted octanol–water partition coefficient (Wildman–Crippen LogP) is 3.00. The number of Topliss-reactive ketones (excluding diaryl/α,β-unsaturated/α-hetero) is 1. The maximum Gasteiger partial charge on any atom is 0.173 e. The monoisotopic (exact) mass is 206 g/mol. The van der Waals surface area contributed by atoms with Gasteiger partial charge in [0.15, 0.2) is 5.78 Å². The summed E-state index contributed by atoms with van der Waals surface area (Å²) in [6.07, 6.45) is 4.12. The number of carbonyl (C=O) groups is 1. The van der Waals surface area contributed by atoms with Crippen molar-refractivity contribution in [3.8, 4) is 0 Å². The number of rotatable bonds is 0. The van der Waals surface area contributed by atoms with Crippen molar-refractivity contribution in [1.29, 1.82) is 0 Å². The Morgan fingerprint density at radius 2 is 1.93 bits per heavy atom. The number of ketones is 1. The second-order valence-electron chi connectivity index (χ2n) is 5.25. The van der Waals surface area contributed by atoms with Crippen molar-refractivity contribution in [2.24, 2.45) is 5.41 Å². The van der Waals surface area contributed by atoms with Crippen molar-refractivity contribution < 1.29 is 4.79 Å². The molecule has 2 aliphatic rings. The molecule has 2 heteroatoms. The summed E-state index contributed by atoms with van der Waals surface area (Å²) in [5.41, 5.74) is 3.36. The van der Waals surface area contributed by atoms with E-state index in [1.54, 1.807) is 11.3 Å². The van der Waals surface area contributed by atoms with Gasteiger partial charge in [0.25, 0.3) is 0 Å². The molecule has 0 radical (unpaired) electrons. The van der Waals surface area contributed by atoms with Crippen LogP contribution in [0.5, 0.6) is 0 Å². The quantitative estimate of drug-likeness (QED) is 0.637. The summed E-state index contributed by atoms with van der Waals surface area (Å²) in [7, 11) is 0. The van der Waals surface area contributed by atoms with Gasteiger partial charge in [-0.1, -0.05) is 13.8 Å². The molecule has 0 saturated heterocycles. The standard InChI is InChI=1S/C12H14OS/c1-12(2)5-8-7-3-4-9(13)11(7)14-10(8)6-12/h3-6H2,1-2H3. The lowest BCUT2D eigenvalue weighted by atomic mass is 9.90. The molecule has 1 aromatic rings. The maximum atomic E-state index is 11.5. The first-order chi connectivity index (χ1) is 6.57. The summed E-state index contributed by atoms with van der Waals surface area (Å²) in [5.74, 6) is 0.386. The van der Waals surface area contributed by atoms with Gasteiger partial charge in [-0.3, -0.25) is 4.79 Å². The first-order valence-electron chi connectivity index (χ1n) is 5.23. The van der Waals surface area contributed by atoms with Crippen LogP contribution in [0.1, 0.15) is 45.9 Å². The minimum atomic E-state index is 0.386. The van der Waals surface area contributed by atoms with Crippen LogP contribution in [0.2, 0.25) is 0 Å². The molecule has 1 nitrogen and oxygen atoms in total. The molecule has 0 spiro atoms. The summed E-state index contributed by atoms with van der Waals surface area (Å²) in [6, 6.07) is 0. The summed E-state index contributed by atoms with van der Waals surface area (Å²) in [5, 5.41) is 0. The van der Waals surface area contributed by atoms with E-state index >= 15 is 0 Å². The lowest BCUT2D eigenvalue weighted by Crippen LogP contribution is -2.10. The third-order valence-electron chi connectivity index (χ3n) is 3.35. The molecule has 0 saturated carbocycles. The van der Waals surface area contributed by atoms with Gasteiger partial charge in [-0.15, -0.1) is 11.3 Å². The van der Waals surface area contributed by atoms with E-state index in [0.29, 0.717) is 11.2 Å². The van der Waals surface area contributed by atoms with Crippen LogP contribution in [-0.4, -0.2) is 5.78 Å². The van der Waals surface area contributed by atoms with Crippen LogP contribution < -0.4 is 0 Å². The molecule has 1 heterocycles. The molecule has 0 aliphatic heterocycles. The Morgan fingerprint density at radius 1 is 1.14 bits per heavy atom. The van der Waals surface area contributed by atoms with Crippen LogP contribution in [0.25, 0.3) is 0 Å². The van der Waals surface area contributed by atoms with Crippen LogP contribution >= 0.6 is 11.3 Å². The lowest BCUT2D eigenvalue weighted by molar-refractivity contribution is 0.0998. The molecule has 0 fully saturated rings. The molecular formula is C12H14OS. The molecular weight excluding hydrogens is 192 g/mol. The Hall–Kier alpha value is -0.630. The van der Waals surface area contributed by atoms with E-state index in [0.717, 1.165) is 17.7 Å². The van der Waals surface area contributed by atoms with Crippen LogP contribution in [0.4, 0.5) is 0 Å². The van der Waals surface area contributed by atoms with E-state index in [1.165, 1.54) is 28.8 Å². The lowest BCUT2D eigenvalue weighted by Gasteiger charge is -2.15. The number of carbonyl (C=O) groups excluding carboxylic acids is 1. The average Bonchev–Trinajstić information content (AvgIpc) is 2.63. The summed E-state index contributed by atoms with van der Waals surface area (Å²) in [4.78, 5) is 14.1. The first-order valence-corrected chi connectivity index (χ1v) is 6.05. The van der Waals surface area contributed by atoms with Crippen LogP contribution in [0.15, 0.2) is 0 Å². The zero-order chi connectivity index (χ0) is 9.92. The van der Waals surface area contributed by atoms with Crippen molar-refractivity contribution in [1.82, 2.24) is 0 Å². The van der Waals surface area contributed by atoms with Crippen LogP contribution in [0, 0.1) is 5.41 Å². The molecule has 0 bridgehead atoms.